The van der Waals surface area contributed by atoms with Gasteiger partial charge in [-0.05, 0) is 31.2 Å². The summed E-state index contributed by atoms with van der Waals surface area (Å²) in [6, 6.07) is 14.7. The van der Waals surface area contributed by atoms with E-state index in [0.717, 1.165) is 11.1 Å². The fourth-order valence-electron chi connectivity index (χ4n) is 2.11. The van der Waals surface area contributed by atoms with Crippen molar-refractivity contribution < 1.29 is 19.2 Å². The summed E-state index contributed by atoms with van der Waals surface area (Å²) in [6.45, 7) is 1.59. The third kappa shape index (κ3) is 3.55. The summed E-state index contributed by atoms with van der Waals surface area (Å²) in [6.07, 6.45) is 0. The van der Waals surface area contributed by atoms with Crippen molar-refractivity contribution in [3.05, 3.63) is 54.1 Å². The van der Waals surface area contributed by atoms with Crippen molar-refractivity contribution >= 4 is 5.97 Å². The fraction of sp³-hybridized carbons (Fsp3) is 0.118. The highest BCUT2D eigenvalue weighted by Gasteiger charge is 2.11. The zero-order valence-corrected chi connectivity index (χ0v) is 12.4. The maximum absolute atomic E-state index is 10.6. The molecule has 6 heteroatoms. The quantitative estimate of drug-likeness (QED) is 0.779. The van der Waals surface area contributed by atoms with Crippen LogP contribution in [0.1, 0.15) is 5.56 Å². The van der Waals surface area contributed by atoms with Crippen molar-refractivity contribution in [1.29, 1.82) is 0 Å². The standard InChI is InChI=1S/C17H14N2O4/c1-11-4-2-6-13(8-11)17-18-16(19-23-17)12-5-3-7-14(9-12)22-10-15(20)21/h2-9H,10H2,1H3,(H,20,21). The minimum Gasteiger partial charge on any atom is -0.482 e. The Balaban J connectivity index is 1.85. The molecule has 0 aliphatic carbocycles. The van der Waals surface area contributed by atoms with Crippen LogP contribution in [0.2, 0.25) is 0 Å². The van der Waals surface area contributed by atoms with Gasteiger partial charge in [0.1, 0.15) is 5.75 Å². The lowest BCUT2D eigenvalue weighted by Gasteiger charge is -2.03. The van der Waals surface area contributed by atoms with Crippen molar-refractivity contribution in [2.75, 3.05) is 6.61 Å². The lowest BCUT2D eigenvalue weighted by molar-refractivity contribution is -0.139. The number of benzene rings is 2. The molecule has 0 aliphatic rings. The first kappa shape index (κ1) is 14.8. The Hall–Kier alpha value is -3.15. The van der Waals surface area contributed by atoms with Gasteiger partial charge >= 0.3 is 5.97 Å². The molecule has 1 aromatic heterocycles. The van der Waals surface area contributed by atoms with E-state index in [0.29, 0.717) is 23.0 Å². The molecule has 6 nitrogen and oxygen atoms in total. The molecule has 0 radical (unpaired) electrons. The normalized spacial score (nSPS) is 10.5. The number of aliphatic carboxylic acids is 1. The van der Waals surface area contributed by atoms with Crippen LogP contribution in [0.4, 0.5) is 0 Å². The number of carboxylic acids is 1. The number of aryl methyl sites for hydroxylation is 1. The van der Waals surface area contributed by atoms with Gasteiger partial charge in [-0.1, -0.05) is 35.0 Å². The molecule has 2 aromatic carbocycles. The summed E-state index contributed by atoms with van der Waals surface area (Å²) in [7, 11) is 0. The van der Waals surface area contributed by atoms with Crippen molar-refractivity contribution in [2.45, 2.75) is 6.92 Å². The van der Waals surface area contributed by atoms with Gasteiger partial charge in [0.05, 0.1) is 0 Å². The van der Waals surface area contributed by atoms with E-state index in [1.54, 1.807) is 24.3 Å². The topological polar surface area (TPSA) is 85.5 Å². The van der Waals surface area contributed by atoms with Gasteiger partial charge in [-0.15, -0.1) is 0 Å². The van der Waals surface area contributed by atoms with Crippen molar-refractivity contribution in [3.8, 4) is 28.6 Å². The van der Waals surface area contributed by atoms with Gasteiger partial charge in [-0.25, -0.2) is 4.79 Å². The van der Waals surface area contributed by atoms with Crippen LogP contribution in [0.3, 0.4) is 0 Å². The molecule has 0 saturated carbocycles. The number of rotatable bonds is 5. The predicted octanol–water partition coefficient (Wildman–Crippen LogP) is 3.18. The molecule has 0 atom stereocenters. The van der Waals surface area contributed by atoms with E-state index in [-0.39, 0.29) is 0 Å². The highest BCUT2D eigenvalue weighted by molar-refractivity contribution is 5.68. The number of nitrogens with zero attached hydrogens (tertiary/aromatic N) is 2. The molecule has 0 fully saturated rings. The first-order valence-corrected chi connectivity index (χ1v) is 6.97. The molecular formula is C17H14N2O4. The highest BCUT2D eigenvalue weighted by atomic mass is 16.5. The maximum Gasteiger partial charge on any atom is 0.341 e. The number of hydrogen-bond acceptors (Lipinski definition) is 5. The predicted molar refractivity (Wildman–Crippen MR) is 83.0 cm³/mol. The molecule has 1 N–H and O–H groups in total. The summed E-state index contributed by atoms with van der Waals surface area (Å²) in [5.74, 6) is 0.256. The zero-order chi connectivity index (χ0) is 16.2. The maximum atomic E-state index is 10.6. The largest absolute Gasteiger partial charge is 0.482 e. The lowest BCUT2D eigenvalue weighted by atomic mass is 10.1. The van der Waals surface area contributed by atoms with E-state index in [1.165, 1.54) is 0 Å². The van der Waals surface area contributed by atoms with E-state index in [9.17, 15) is 4.79 Å². The Morgan fingerprint density at radius 1 is 1.17 bits per heavy atom. The molecule has 0 saturated heterocycles. The average molecular weight is 310 g/mol. The first-order valence-electron chi connectivity index (χ1n) is 6.97. The SMILES string of the molecule is Cc1cccc(-c2nc(-c3cccc(OCC(=O)O)c3)no2)c1. The van der Waals surface area contributed by atoms with Crippen molar-refractivity contribution in [1.82, 2.24) is 10.1 Å². The Morgan fingerprint density at radius 3 is 2.74 bits per heavy atom. The number of carboxylic acid groups (broad SMARTS) is 1. The smallest absolute Gasteiger partial charge is 0.341 e. The van der Waals surface area contributed by atoms with Gasteiger partial charge in [-0.2, -0.15) is 4.98 Å². The van der Waals surface area contributed by atoms with E-state index in [1.807, 2.05) is 31.2 Å². The number of hydrogen-bond donors (Lipinski definition) is 1. The van der Waals surface area contributed by atoms with Crippen LogP contribution in [0.25, 0.3) is 22.8 Å². The van der Waals surface area contributed by atoms with E-state index in [4.69, 9.17) is 14.4 Å². The average Bonchev–Trinajstić information content (AvgIpc) is 3.03. The Kier molecular flexibility index (Phi) is 4.05. The van der Waals surface area contributed by atoms with Crippen LogP contribution in [-0.2, 0) is 4.79 Å². The summed E-state index contributed by atoms with van der Waals surface area (Å²) in [5.41, 5.74) is 2.64. The Bertz CT molecular complexity index is 842. The van der Waals surface area contributed by atoms with Gasteiger partial charge in [0.15, 0.2) is 6.61 Å². The second kappa shape index (κ2) is 6.31. The first-order chi connectivity index (χ1) is 11.1. The van der Waals surface area contributed by atoms with E-state index in [2.05, 4.69) is 10.1 Å². The van der Waals surface area contributed by atoms with Crippen LogP contribution < -0.4 is 4.74 Å². The molecule has 0 spiro atoms. The number of carbonyl (C=O) groups is 1. The third-order valence-electron chi connectivity index (χ3n) is 3.15. The fourth-order valence-corrected chi connectivity index (χ4v) is 2.11. The van der Waals surface area contributed by atoms with Crippen LogP contribution in [-0.4, -0.2) is 27.8 Å². The number of ether oxygens (including phenoxy) is 1. The Labute approximate surface area is 132 Å². The minimum atomic E-state index is -1.03. The minimum absolute atomic E-state index is 0.399. The highest BCUT2D eigenvalue weighted by Crippen LogP contribution is 2.25. The van der Waals surface area contributed by atoms with E-state index < -0.39 is 12.6 Å². The molecule has 0 bridgehead atoms. The second-order valence-corrected chi connectivity index (χ2v) is 5.00. The molecular weight excluding hydrogens is 296 g/mol. The van der Waals surface area contributed by atoms with Gasteiger partial charge in [0.25, 0.3) is 5.89 Å². The van der Waals surface area contributed by atoms with Crippen LogP contribution in [0.5, 0.6) is 5.75 Å². The van der Waals surface area contributed by atoms with E-state index >= 15 is 0 Å². The number of aromatic nitrogens is 2. The molecule has 3 aromatic rings. The van der Waals surface area contributed by atoms with Crippen LogP contribution >= 0.6 is 0 Å². The molecule has 23 heavy (non-hydrogen) atoms. The molecule has 1 heterocycles. The summed E-state index contributed by atoms with van der Waals surface area (Å²) >= 11 is 0. The monoisotopic (exact) mass is 310 g/mol. The second-order valence-electron chi connectivity index (χ2n) is 5.00. The van der Waals surface area contributed by atoms with Gasteiger partial charge in [0.2, 0.25) is 5.82 Å². The van der Waals surface area contributed by atoms with Crippen molar-refractivity contribution in [3.63, 3.8) is 0 Å². The lowest BCUT2D eigenvalue weighted by Crippen LogP contribution is -2.09. The van der Waals surface area contributed by atoms with Gasteiger partial charge in [-0.3, -0.25) is 0 Å². The summed E-state index contributed by atoms with van der Waals surface area (Å²) < 4.78 is 10.5. The molecule has 0 amide bonds. The van der Waals surface area contributed by atoms with Crippen LogP contribution in [0, 0.1) is 6.92 Å². The van der Waals surface area contributed by atoms with Crippen molar-refractivity contribution in [2.24, 2.45) is 0 Å². The van der Waals surface area contributed by atoms with Gasteiger partial charge < -0.3 is 14.4 Å². The molecule has 0 unspecified atom stereocenters. The Morgan fingerprint density at radius 2 is 1.96 bits per heavy atom. The summed E-state index contributed by atoms with van der Waals surface area (Å²) in [4.78, 5) is 14.9. The molecule has 116 valence electrons. The molecule has 0 aliphatic heterocycles. The van der Waals surface area contributed by atoms with Crippen LogP contribution in [0.15, 0.2) is 53.1 Å². The van der Waals surface area contributed by atoms with Gasteiger partial charge in [0, 0.05) is 11.1 Å². The zero-order valence-electron chi connectivity index (χ0n) is 12.4. The third-order valence-corrected chi connectivity index (χ3v) is 3.15. The molecule has 3 rings (SSSR count). The summed E-state index contributed by atoms with van der Waals surface area (Å²) in [5, 5.41) is 12.6.